The molecule has 178 valence electrons. The summed E-state index contributed by atoms with van der Waals surface area (Å²) in [7, 11) is 0. The Labute approximate surface area is 214 Å². The van der Waals surface area contributed by atoms with Crippen LogP contribution in [0.4, 0.5) is 5.69 Å². The van der Waals surface area contributed by atoms with Crippen LogP contribution in [-0.2, 0) is 0 Å². The molecule has 0 saturated carbocycles. The number of carbonyl (C=O) groups excluding carboxylic acids is 1. The molecule has 4 aromatic rings. The second-order valence-corrected chi connectivity index (χ2v) is 9.57. The maximum absolute atomic E-state index is 13.6. The van der Waals surface area contributed by atoms with E-state index in [1.165, 1.54) is 4.80 Å². The van der Waals surface area contributed by atoms with E-state index in [1.54, 1.807) is 0 Å². The number of para-hydroxylation sites is 1. The van der Waals surface area contributed by atoms with Crippen LogP contribution in [0.25, 0.3) is 5.69 Å². The summed E-state index contributed by atoms with van der Waals surface area (Å²) in [6.45, 7) is 5.51. The molecular formula is C27H25Cl2N5O. The number of aryl methyl sites for hydroxylation is 2. The van der Waals surface area contributed by atoms with Crippen LogP contribution < -0.4 is 4.90 Å². The standard InChI is InChI=1S/C27H25Cl2N5O/c1-18-8-13-24(23(29)16-18)33-15-14-32(17-25(33)20-9-11-21(28)12-10-20)27(35)26-19(2)30-34(31-26)22-6-4-3-5-7-22/h3-13,16,25H,14-15,17H2,1-2H3/t25-/m0/s1. The van der Waals surface area contributed by atoms with E-state index in [0.29, 0.717) is 41.1 Å². The average Bonchev–Trinajstić information content (AvgIpc) is 3.26. The van der Waals surface area contributed by atoms with Gasteiger partial charge < -0.3 is 9.80 Å². The lowest BCUT2D eigenvalue weighted by Crippen LogP contribution is -2.51. The first-order chi connectivity index (χ1) is 16.9. The Kier molecular flexibility index (Phi) is 6.50. The Morgan fingerprint density at radius 2 is 1.66 bits per heavy atom. The van der Waals surface area contributed by atoms with Gasteiger partial charge in [-0.2, -0.15) is 9.90 Å². The molecule has 5 rings (SSSR count). The highest BCUT2D eigenvalue weighted by Gasteiger charge is 2.34. The molecule has 1 amide bonds. The van der Waals surface area contributed by atoms with E-state index >= 15 is 0 Å². The molecule has 1 fully saturated rings. The zero-order valence-corrected chi connectivity index (χ0v) is 21.0. The third-order valence-corrected chi connectivity index (χ3v) is 6.86. The molecule has 0 radical (unpaired) electrons. The van der Waals surface area contributed by atoms with Gasteiger partial charge in [-0.05, 0) is 61.4 Å². The average molecular weight is 506 g/mol. The van der Waals surface area contributed by atoms with Crippen LogP contribution in [0.3, 0.4) is 0 Å². The van der Waals surface area contributed by atoms with Crippen molar-refractivity contribution < 1.29 is 4.79 Å². The van der Waals surface area contributed by atoms with E-state index in [2.05, 4.69) is 21.2 Å². The maximum Gasteiger partial charge on any atom is 0.276 e. The second-order valence-electron chi connectivity index (χ2n) is 8.73. The van der Waals surface area contributed by atoms with Gasteiger partial charge in [-0.15, -0.1) is 5.10 Å². The first kappa shape index (κ1) is 23.4. The van der Waals surface area contributed by atoms with E-state index in [1.807, 2.05) is 85.5 Å². The van der Waals surface area contributed by atoms with Crippen molar-refractivity contribution in [2.24, 2.45) is 0 Å². The van der Waals surface area contributed by atoms with Crippen LogP contribution >= 0.6 is 23.2 Å². The molecule has 1 aliphatic rings. The fourth-order valence-electron chi connectivity index (χ4n) is 4.47. The van der Waals surface area contributed by atoms with Gasteiger partial charge in [0.1, 0.15) is 0 Å². The predicted octanol–water partition coefficient (Wildman–Crippen LogP) is 5.89. The number of hydrogen-bond donors (Lipinski definition) is 0. The van der Waals surface area contributed by atoms with Gasteiger partial charge in [0, 0.05) is 24.7 Å². The Morgan fingerprint density at radius 1 is 0.914 bits per heavy atom. The third kappa shape index (κ3) is 4.77. The summed E-state index contributed by atoms with van der Waals surface area (Å²) < 4.78 is 0. The number of aromatic nitrogens is 3. The van der Waals surface area contributed by atoms with Crippen molar-refractivity contribution in [1.82, 2.24) is 19.9 Å². The van der Waals surface area contributed by atoms with Crippen molar-refractivity contribution in [3.8, 4) is 5.69 Å². The van der Waals surface area contributed by atoms with Crippen LogP contribution in [-0.4, -0.2) is 45.4 Å². The van der Waals surface area contributed by atoms with Crippen molar-refractivity contribution in [2.75, 3.05) is 24.5 Å². The predicted molar refractivity (Wildman–Crippen MR) is 140 cm³/mol. The maximum atomic E-state index is 13.6. The number of halogens is 2. The molecule has 0 N–H and O–H groups in total. The number of rotatable bonds is 4. The second kappa shape index (κ2) is 9.72. The van der Waals surface area contributed by atoms with Crippen LogP contribution in [0.1, 0.15) is 33.4 Å². The molecule has 1 atom stereocenters. The zero-order chi connectivity index (χ0) is 24.5. The largest absolute Gasteiger partial charge is 0.360 e. The summed E-state index contributed by atoms with van der Waals surface area (Å²) in [5, 5.41) is 10.4. The van der Waals surface area contributed by atoms with Gasteiger partial charge in [0.2, 0.25) is 0 Å². The van der Waals surface area contributed by atoms with Crippen LogP contribution in [0.2, 0.25) is 10.0 Å². The van der Waals surface area contributed by atoms with E-state index in [9.17, 15) is 4.79 Å². The molecule has 35 heavy (non-hydrogen) atoms. The molecule has 0 aliphatic carbocycles. The lowest BCUT2D eigenvalue weighted by Gasteiger charge is -2.43. The highest BCUT2D eigenvalue weighted by molar-refractivity contribution is 6.33. The minimum absolute atomic E-state index is 0.0883. The van der Waals surface area contributed by atoms with Crippen molar-refractivity contribution in [2.45, 2.75) is 19.9 Å². The number of amides is 1. The zero-order valence-electron chi connectivity index (χ0n) is 19.5. The topological polar surface area (TPSA) is 54.3 Å². The van der Waals surface area contributed by atoms with Gasteiger partial charge in [-0.3, -0.25) is 4.79 Å². The Hall–Kier alpha value is -3.35. The van der Waals surface area contributed by atoms with Gasteiger partial charge in [0.15, 0.2) is 5.69 Å². The van der Waals surface area contributed by atoms with Crippen LogP contribution in [0.15, 0.2) is 72.8 Å². The van der Waals surface area contributed by atoms with E-state index in [-0.39, 0.29) is 11.9 Å². The molecule has 1 aromatic heterocycles. The molecule has 0 bridgehead atoms. The minimum Gasteiger partial charge on any atom is -0.360 e. The van der Waals surface area contributed by atoms with Gasteiger partial charge in [0.25, 0.3) is 5.91 Å². The van der Waals surface area contributed by atoms with Gasteiger partial charge in [0.05, 0.1) is 28.1 Å². The molecule has 2 heterocycles. The molecule has 0 unspecified atom stereocenters. The van der Waals surface area contributed by atoms with E-state index in [4.69, 9.17) is 23.2 Å². The smallest absolute Gasteiger partial charge is 0.276 e. The lowest BCUT2D eigenvalue weighted by molar-refractivity contribution is 0.0714. The van der Waals surface area contributed by atoms with E-state index < -0.39 is 0 Å². The Bertz CT molecular complexity index is 1350. The summed E-state index contributed by atoms with van der Waals surface area (Å²) in [4.78, 5) is 19.2. The van der Waals surface area contributed by atoms with Gasteiger partial charge in [-0.1, -0.05) is 59.6 Å². The van der Waals surface area contributed by atoms with Crippen LogP contribution in [0.5, 0.6) is 0 Å². The highest BCUT2D eigenvalue weighted by Crippen LogP contribution is 2.36. The first-order valence-corrected chi connectivity index (χ1v) is 12.2. The SMILES string of the molecule is Cc1ccc(N2CCN(C(=O)c3nn(-c4ccccc4)nc3C)C[C@H]2c2ccc(Cl)cc2)c(Cl)c1. The molecule has 6 nitrogen and oxygen atoms in total. The summed E-state index contributed by atoms with van der Waals surface area (Å²) in [6.07, 6.45) is 0. The third-order valence-electron chi connectivity index (χ3n) is 6.31. The summed E-state index contributed by atoms with van der Waals surface area (Å²) in [5.41, 5.74) is 4.90. The van der Waals surface area contributed by atoms with E-state index in [0.717, 1.165) is 22.5 Å². The summed E-state index contributed by atoms with van der Waals surface area (Å²) in [6, 6.07) is 23.4. The fourth-order valence-corrected chi connectivity index (χ4v) is 4.94. The number of piperazine rings is 1. The molecule has 8 heteroatoms. The van der Waals surface area contributed by atoms with Crippen molar-refractivity contribution in [1.29, 1.82) is 0 Å². The van der Waals surface area contributed by atoms with Gasteiger partial charge in [-0.25, -0.2) is 0 Å². The molecule has 1 saturated heterocycles. The quantitative estimate of drug-likeness (QED) is 0.346. The van der Waals surface area contributed by atoms with Crippen LogP contribution in [0, 0.1) is 13.8 Å². The van der Waals surface area contributed by atoms with Crippen molar-refractivity contribution in [3.05, 3.63) is 105 Å². The number of anilines is 1. The molecule has 0 spiro atoms. The summed E-state index contributed by atoms with van der Waals surface area (Å²) >= 11 is 12.8. The monoisotopic (exact) mass is 505 g/mol. The molecular weight excluding hydrogens is 481 g/mol. The molecule has 1 aliphatic heterocycles. The number of carbonyl (C=O) groups is 1. The number of hydrogen-bond acceptors (Lipinski definition) is 4. The van der Waals surface area contributed by atoms with Crippen molar-refractivity contribution >= 4 is 34.8 Å². The lowest BCUT2D eigenvalue weighted by atomic mass is 10.0. The first-order valence-electron chi connectivity index (χ1n) is 11.5. The fraction of sp³-hybridized carbons (Fsp3) is 0.222. The van der Waals surface area contributed by atoms with Gasteiger partial charge >= 0.3 is 0 Å². The molecule has 3 aromatic carbocycles. The Morgan fingerprint density at radius 3 is 2.37 bits per heavy atom. The summed E-state index contributed by atoms with van der Waals surface area (Å²) in [5.74, 6) is -0.127. The number of nitrogens with zero attached hydrogens (tertiary/aromatic N) is 5. The normalized spacial score (nSPS) is 15.9. The Balaban J connectivity index is 1.46. The number of benzene rings is 3. The highest BCUT2D eigenvalue weighted by atomic mass is 35.5. The van der Waals surface area contributed by atoms with Crippen molar-refractivity contribution in [3.63, 3.8) is 0 Å². The minimum atomic E-state index is -0.127.